The van der Waals surface area contributed by atoms with Crippen LogP contribution < -0.4 is 29.6 Å². The molecule has 1 atom stereocenters. The summed E-state index contributed by atoms with van der Waals surface area (Å²) in [5.74, 6) is -0.583. The summed E-state index contributed by atoms with van der Waals surface area (Å²) in [4.78, 5) is 10.0. The van der Waals surface area contributed by atoms with Gasteiger partial charge in [-0.15, -0.1) is 0 Å². The van der Waals surface area contributed by atoms with E-state index in [9.17, 15) is 13.6 Å². The number of ether oxygens (including phenoxy) is 1. The molecule has 0 heterocycles. The minimum atomic E-state index is -2.11. The predicted octanol–water partition coefficient (Wildman–Crippen LogP) is -3.57. The van der Waals surface area contributed by atoms with Gasteiger partial charge in [0.1, 0.15) is 6.61 Å². The van der Waals surface area contributed by atoms with E-state index in [1.54, 1.807) is 0 Å². The summed E-state index contributed by atoms with van der Waals surface area (Å²) in [6, 6.07) is 0. The van der Waals surface area contributed by atoms with Crippen LogP contribution in [0.25, 0.3) is 0 Å². The van der Waals surface area contributed by atoms with Crippen LogP contribution in [0.2, 0.25) is 0 Å². The van der Waals surface area contributed by atoms with E-state index in [1.807, 2.05) is 0 Å². The molecule has 0 amide bonds. The Hall–Kier alpha value is 0.580. The van der Waals surface area contributed by atoms with Gasteiger partial charge >= 0.3 is 35.5 Å². The maximum Gasteiger partial charge on any atom is 1.00 e. The van der Waals surface area contributed by atoms with Gasteiger partial charge in [0.05, 0.1) is 0 Å². The molecule has 0 rings (SSSR count). The van der Waals surface area contributed by atoms with Crippen LogP contribution >= 0.6 is 0 Å². The van der Waals surface area contributed by atoms with Gasteiger partial charge in [-0.05, 0) is 0 Å². The molecule has 0 aromatic heterocycles. The minimum absolute atomic E-state index is 0. The average molecular weight is 174 g/mol. The summed E-state index contributed by atoms with van der Waals surface area (Å²) in [7, 11) is 0. The minimum Gasteiger partial charge on any atom is -0.772 e. The third-order valence-electron chi connectivity index (χ3n) is 0.555. The predicted molar refractivity (Wildman–Crippen MR) is 30.4 cm³/mol. The molecule has 54 valence electrons. The van der Waals surface area contributed by atoms with E-state index >= 15 is 0 Å². The first-order valence-electron chi connectivity index (χ1n) is 2.32. The van der Waals surface area contributed by atoms with Crippen molar-refractivity contribution in [1.82, 2.24) is 0 Å². The fraction of sp³-hybridized carbons (Fsp3) is 0.750. The third kappa shape index (κ3) is 11.4. The van der Waals surface area contributed by atoms with Crippen LogP contribution in [0.3, 0.4) is 0 Å². The fourth-order valence-electron chi connectivity index (χ4n) is 0.253. The second-order valence-corrected chi connectivity index (χ2v) is 2.36. The number of hydrogen-bond donors (Lipinski definition) is 0. The molecule has 4 nitrogen and oxygen atoms in total. The smallest absolute Gasteiger partial charge is 0.772 e. The summed E-state index contributed by atoms with van der Waals surface area (Å²) < 4.78 is 23.9. The second kappa shape index (κ2) is 7.68. The van der Waals surface area contributed by atoms with Gasteiger partial charge in [0, 0.05) is 12.7 Å². The SMILES string of the molecule is CC(=O)OCCS(=O)[O-].[Na+]. The molecule has 10 heavy (non-hydrogen) atoms. The van der Waals surface area contributed by atoms with Gasteiger partial charge < -0.3 is 9.29 Å². The largest absolute Gasteiger partial charge is 1.00 e. The Bertz CT molecular complexity index is 112. The van der Waals surface area contributed by atoms with Crippen molar-refractivity contribution in [1.29, 1.82) is 0 Å². The van der Waals surface area contributed by atoms with E-state index in [4.69, 9.17) is 0 Å². The molecule has 0 aliphatic heterocycles. The van der Waals surface area contributed by atoms with Gasteiger partial charge in [-0.1, -0.05) is 11.1 Å². The molecule has 1 unspecified atom stereocenters. The van der Waals surface area contributed by atoms with Crippen LogP contribution in [0.1, 0.15) is 6.92 Å². The Morgan fingerprint density at radius 2 is 2.20 bits per heavy atom. The normalized spacial score (nSPS) is 11.4. The van der Waals surface area contributed by atoms with Crippen molar-refractivity contribution in [2.75, 3.05) is 12.4 Å². The van der Waals surface area contributed by atoms with Crippen molar-refractivity contribution in [3.05, 3.63) is 0 Å². The van der Waals surface area contributed by atoms with E-state index in [-0.39, 0.29) is 41.9 Å². The Kier molecular flexibility index (Phi) is 10.1. The first-order valence-corrected chi connectivity index (χ1v) is 3.56. The molecular weight excluding hydrogens is 167 g/mol. The zero-order valence-electron chi connectivity index (χ0n) is 5.96. The summed E-state index contributed by atoms with van der Waals surface area (Å²) in [5, 5.41) is 0. The van der Waals surface area contributed by atoms with Gasteiger partial charge in [0.25, 0.3) is 0 Å². The van der Waals surface area contributed by atoms with Crippen LogP contribution in [0.5, 0.6) is 0 Å². The quantitative estimate of drug-likeness (QED) is 0.252. The van der Waals surface area contributed by atoms with E-state index in [2.05, 4.69) is 4.74 Å². The Labute approximate surface area is 83.9 Å². The van der Waals surface area contributed by atoms with Crippen molar-refractivity contribution >= 4 is 17.0 Å². The number of hydrogen-bond acceptors (Lipinski definition) is 4. The third-order valence-corrected chi connectivity index (χ3v) is 1.06. The van der Waals surface area contributed by atoms with Crippen LogP contribution in [0.4, 0.5) is 0 Å². The molecule has 0 aliphatic carbocycles. The molecule has 0 spiro atoms. The number of carbonyl (C=O) groups is 1. The van der Waals surface area contributed by atoms with E-state index in [0.29, 0.717) is 0 Å². The first-order chi connectivity index (χ1) is 4.13. The zero-order valence-corrected chi connectivity index (χ0v) is 8.77. The molecule has 0 aliphatic rings. The first kappa shape index (κ1) is 13.2. The van der Waals surface area contributed by atoms with Gasteiger partial charge in [-0.2, -0.15) is 0 Å². The van der Waals surface area contributed by atoms with Crippen molar-refractivity contribution < 1.29 is 47.9 Å². The maximum absolute atomic E-state index is 10.0. The van der Waals surface area contributed by atoms with Crippen molar-refractivity contribution in [3.63, 3.8) is 0 Å². The van der Waals surface area contributed by atoms with E-state index in [0.717, 1.165) is 0 Å². The zero-order chi connectivity index (χ0) is 7.28. The number of carbonyl (C=O) groups excluding carboxylic acids is 1. The fourth-order valence-corrected chi connectivity index (χ4v) is 0.473. The van der Waals surface area contributed by atoms with Gasteiger partial charge in [0.15, 0.2) is 0 Å². The molecule has 0 N–H and O–H groups in total. The van der Waals surface area contributed by atoms with E-state index < -0.39 is 17.0 Å². The van der Waals surface area contributed by atoms with Crippen LogP contribution in [0, 0.1) is 0 Å². The van der Waals surface area contributed by atoms with Crippen molar-refractivity contribution in [2.45, 2.75) is 6.92 Å². The standard InChI is InChI=1S/C4H8O4S.Na/c1-4(5)8-2-3-9(6)7;/h2-3H2,1H3,(H,6,7);/q;+1/p-1. The molecule has 0 bridgehead atoms. The van der Waals surface area contributed by atoms with Gasteiger partial charge in [-0.25, -0.2) is 0 Å². The molecule has 0 saturated carbocycles. The summed E-state index contributed by atoms with van der Waals surface area (Å²) in [6.07, 6.45) is 0. The number of rotatable bonds is 3. The van der Waals surface area contributed by atoms with Crippen molar-refractivity contribution in [3.8, 4) is 0 Å². The molecule has 0 fully saturated rings. The monoisotopic (exact) mass is 174 g/mol. The Morgan fingerprint density at radius 1 is 1.70 bits per heavy atom. The van der Waals surface area contributed by atoms with Crippen LogP contribution in [-0.4, -0.2) is 27.1 Å². The molecule has 0 saturated heterocycles. The molecule has 0 aromatic rings. The molecule has 6 heteroatoms. The van der Waals surface area contributed by atoms with E-state index in [1.165, 1.54) is 6.92 Å². The second-order valence-electron chi connectivity index (χ2n) is 1.35. The molecule has 0 radical (unpaired) electrons. The Balaban J connectivity index is 0. The van der Waals surface area contributed by atoms with Gasteiger partial charge in [-0.3, -0.25) is 9.00 Å². The average Bonchev–Trinajstić information content (AvgIpc) is 1.63. The summed E-state index contributed by atoms with van der Waals surface area (Å²) in [6.45, 7) is 1.18. The van der Waals surface area contributed by atoms with Crippen LogP contribution in [-0.2, 0) is 20.6 Å². The summed E-state index contributed by atoms with van der Waals surface area (Å²) >= 11 is -2.11. The maximum atomic E-state index is 10.0. The summed E-state index contributed by atoms with van der Waals surface area (Å²) in [5.41, 5.74) is 0. The Morgan fingerprint density at radius 3 is 2.50 bits per heavy atom. The van der Waals surface area contributed by atoms with Gasteiger partial charge in [0.2, 0.25) is 0 Å². The molecular formula is C4H7NaO4S. The van der Waals surface area contributed by atoms with Crippen LogP contribution in [0.15, 0.2) is 0 Å². The molecule has 0 aromatic carbocycles. The topological polar surface area (TPSA) is 66.4 Å². The van der Waals surface area contributed by atoms with Crippen molar-refractivity contribution in [2.24, 2.45) is 0 Å². The number of esters is 1.